The number of nitro groups is 1. The predicted octanol–water partition coefficient (Wildman–Crippen LogP) is 2.40. The molecule has 1 aromatic rings. The second-order valence-electron chi connectivity index (χ2n) is 5.10. The lowest BCUT2D eigenvalue weighted by Crippen LogP contribution is -2.36. The Kier molecular flexibility index (Phi) is 4.53. The van der Waals surface area contributed by atoms with Gasteiger partial charge in [-0.15, -0.1) is 0 Å². The maximum atomic E-state index is 11.2. The zero-order chi connectivity index (χ0) is 14.5. The SMILES string of the molecule is N#Cc1cccc(NC2CCCCC2CN)c1[N+](=O)[O-]. The summed E-state index contributed by atoms with van der Waals surface area (Å²) in [6, 6.07) is 6.79. The van der Waals surface area contributed by atoms with Crippen molar-refractivity contribution in [1.82, 2.24) is 0 Å². The van der Waals surface area contributed by atoms with E-state index >= 15 is 0 Å². The number of anilines is 1. The number of hydrogen-bond acceptors (Lipinski definition) is 5. The Morgan fingerprint density at radius 3 is 2.85 bits per heavy atom. The molecule has 2 rings (SSSR count). The molecule has 0 aliphatic heterocycles. The molecule has 1 fully saturated rings. The van der Waals surface area contributed by atoms with Crippen molar-refractivity contribution in [2.45, 2.75) is 31.7 Å². The quantitative estimate of drug-likeness (QED) is 0.647. The molecule has 1 aliphatic rings. The van der Waals surface area contributed by atoms with E-state index in [4.69, 9.17) is 11.0 Å². The molecule has 0 heterocycles. The van der Waals surface area contributed by atoms with Gasteiger partial charge < -0.3 is 11.1 Å². The minimum absolute atomic E-state index is 0.0834. The largest absolute Gasteiger partial charge is 0.376 e. The molecular formula is C14H18N4O2. The molecular weight excluding hydrogens is 256 g/mol. The summed E-state index contributed by atoms with van der Waals surface area (Å²) in [4.78, 5) is 10.7. The average molecular weight is 274 g/mol. The van der Waals surface area contributed by atoms with Crippen molar-refractivity contribution in [3.05, 3.63) is 33.9 Å². The number of benzene rings is 1. The first-order valence-electron chi connectivity index (χ1n) is 6.81. The van der Waals surface area contributed by atoms with Crippen LogP contribution in [0, 0.1) is 27.4 Å². The summed E-state index contributed by atoms with van der Waals surface area (Å²) in [7, 11) is 0. The van der Waals surface area contributed by atoms with Crippen molar-refractivity contribution in [1.29, 1.82) is 5.26 Å². The first kappa shape index (κ1) is 14.3. The highest BCUT2D eigenvalue weighted by atomic mass is 16.6. The van der Waals surface area contributed by atoms with Gasteiger partial charge in [-0.05, 0) is 37.4 Å². The maximum Gasteiger partial charge on any atom is 0.309 e. The molecule has 0 aromatic heterocycles. The Hall–Kier alpha value is -2.13. The Bertz CT molecular complexity index is 538. The van der Waals surface area contributed by atoms with Gasteiger partial charge in [0.15, 0.2) is 0 Å². The number of nitrogens with one attached hydrogen (secondary N) is 1. The molecule has 2 unspecified atom stereocenters. The Balaban J connectivity index is 2.29. The number of nitro benzene ring substituents is 1. The fourth-order valence-electron chi connectivity index (χ4n) is 2.83. The zero-order valence-corrected chi connectivity index (χ0v) is 11.2. The second kappa shape index (κ2) is 6.35. The summed E-state index contributed by atoms with van der Waals surface area (Å²) in [6.07, 6.45) is 4.25. The van der Waals surface area contributed by atoms with Gasteiger partial charge in [0.25, 0.3) is 0 Å². The number of nitrogens with two attached hydrogens (primary N) is 1. The minimum atomic E-state index is -0.499. The lowest BCUT2D eigenvalue weighted by Gasteiger charge is -2.32. The van der Waals surface area contributed by atoms with Gasteiger partial charge in [0.05, 0.1) is 4.92 Å². The fourth-order valence-corrected chi connectivity index (χ4v) is 2.83. The molecule has 6 heteroatoms. The van der Waals surface area contributed by atoms with Gasteiger partial charge in [-0.25, -0.2) is 0 Å². The molecule has 0 bridgehead atoms. The van der Waals surface area contributed by atoms with Crippen molar-refractivity contribution < 1.29 is 4.92 Å². The third kappa shape index (κ3) is 2.89. The highest BCUT2D eigenvalue weighted by Gasteiger charge is 2.27. The van der Waals surface area contributed by atoms with Gasteiger partial charge in [-0.3, -0.25) is 10.1 Å². The zero-order valence-electron chi connectivity index (χ0n) is 11.2. The van der Waals surface area contributed by atoms with Crippen LogP contribution in [0.4, 0.5) is 11.4 Å². The van der Waals surface area contributed by atoms with Crippen LogP contribution in [0.1, 0.15) is 31.2 Å². The molecule has 20 heavy (non-hydrogen) atoms. The molecule has 0 spiro atoms. The van der Waals surface area contributed by atoms with Gasteiger partial charge in [0.1, 0.15) is 17.3 Å². The number of nitriles is 1. The van der Waals surface area contributed by atoms with Crippen molar-refractivity contribution in [3.8, 4) is 6.07 Å². The first-order chi connectivity index (χ1) is 9.67. The Labute approximate surface area is 117 Å². The molecule has 3 N–H and O–H groups in total. The van der Waals surface area contributed by atoms with Crippen LogP contribution in [0.3, 0.4) is 0 Å². The number of para-hydroxylation sites is 1. The van der Waals surface area contributed by atoms with E-state index in [-0.39, 0.29) is 17.3 Å². The lowest BCUT2D eigenvalue weighted by molar-refractivity contribution is -0.384. The monoisotopic (exact) mass is 274 g/mol. The molecule has 1 aromatic carbocycles. The highest BCUT2D eigenvalue weighted by Crippen LogP contribution is 2.32. The average Bonchev–Trinajstić information content (AvgIpc) is 2.47. The van der Waals surface area contributed by atoms with Gasteiger partial charge in [0.2, 0.25) is 0 Å². The summed E-state index contributed by atoms with van der Waals surface area (Å²) in [5, 5.41) is 23.4. The molecule has 2 atom stereocenters. The molecule has 106 valence electrons. The van der Waals surface area contributed by atoms with Crippen molar-refractivity contribution in [2.24, 2.45) is 11.7 Å². The van der Waals surface area contributed by atoms with E-state index in [1.54, 1.807) is 12.1 Å². The normalized spacial score (nSPS) is 22.0. The van der Waals surface area contributed by atoms with Gasteiger partial charge >= 0.3 is 5.69 Å². The van der Waals surface area contributed by atoms with Crippen LogP contribution in [-0.4, -0.2) is 17.5 Å². The van der Waals surface area contributed by atoms with E-state index in [2.05, 4.69) is 5.32 Å². The number of nitrogens with zero attached hydrogens (tertiary/aromatic N) is 2. The van der Waals surface area contributed by atoms with Crippen LogP contribution in [0.15, 0.2) is 18.2 Å². The van der Waals surface area contributed by atoms with Crippen LogP contribution in [0.25, 0.3) is 0 Å². The summed E-state index contributed by atoms with van der Waals surface area (Å²) in [6.45, 7) is 0.573. The van der Waals surface area contributed by atoms with E-state index in [9.17, 15) is 10.1 Å². The van der Waals surface area contributed by atoms with Crippen molar-refractivity contribution >= 4 is 11.4 Å². The minimum Gasteiger partial charge on any atom is -0.376 e. The van der Waals surface area contributed by atoms with Crippen LogP contribution in [0.5, 0.6) is 0 Å². The maximum absolute atomic E-state index is 11.2. The summed E-state index contributed by atoms with van der Waals surface area (Å²) in [5.41, 5.74) is 6.13. The van der Waals surface area contributed by atoms with E-state index in [1.807, 2.05) is 6.07 Å². The van der Waals surface area contributed by atoms with E-state index in [1.165, 1.54) is 6.07 Å². The van der Waals surface area contributed by atoms with Crippen LogP contribution in [0.2, 0.25) is 0 Å². The van der Waals surface area contributed by atoms with Gasteiger partial charge in [0, 0.05) is 6.04 Å². The molecule has 0 radical (unpaired) electrons. The summed E-state index contributed by atoms with van der Waals surface area (Å²) < 4.78 is 0. The Morgan fingerprint density at radius 2 is 2.20 bits per heavy atom. The topological polar surface area (TPSA) is 105 Å². The Morgan fingerprint density at radius 1 is 1.45 bits per heavy atom. The van der Waals surface area contributed by atoms with Crippen molar-refractivity contribution in [3.63, 3.8) is 0 Å². The molecule has 0 saturated heterocycles. The first-order valence-corrected chi connectivity index (χ1v) is 6.81. The third-order valence-electron chi connectivity index (χ3n) is 3.89. The van der Waals surface area contributed by atoms with E-state index < -0.39 is 4.92 Å². The molecule has 0 amide bonds. The lowest BCUT2D eigenvalue weighted by atomic mass is 9.84. The highest BCUT2D eigenvalue weighted by molar-refractivity contribution is 5.68. The van der Waals surface area contributed by atoms with Crippen molar-refractivity contribution in [2.75, 3.05) is 11.9 Å². The van der Waals surface area contributed by atoms with E-state index in [0.29, 0.717) is 18.2 Å². The predicted molar refractivity (Wildman–Crippen MR) is 76.2 cm³/mol. The molecule has 1 aliphatic carbocycles. The molecule has 6 nitrogen and oxygen atoms in total. The third-order valence-corrected chi connectivity index (χ3v) is 3.89. The summed E-state index contributed by atoms with van der Waals surface area (Å²) in [5.74, 6) is 0.328. The van der Waals surface area contributed by atoms with Crippen LogP contribution in [-0.2, 0) is 0 Å². The second-order valence-corrected chi connectivity index (χ2v) is 5.10. The standard InChI is InChI=1S/C14H18N4O2/c15-8-10-4-1-2-6-12(10)17-13-7-3-5-11(9-16)14(13)18(19)20/h3,5,7,10,12,17H,1-2,4,6,8,15H2. The van der Waals surface area contributed by atoms with Crippen LogP contribution >= 0.6 is 0 Å². The van der Waals surface area contributed by atoms with Crippen LogP contribution < -0.4 is 11.1 Å². The van der Waals surface area contributed by atoms with E-state index in [0.717, 1.165) is 25.7 Å². The van der Waals surface area contributed by atoms with Gasteiger partial charge in [-0.1, -0.05) is 18.9 Å². The smallest absolute Gasteiger partial charge is 0.309 e. The fraction of sp³-hybridized carbons (Fsp3) is 0.500. The molecule has 1 saturated carbocycles. The number of hydrogen-bond donors (Lipinski definition) is 2. The number of rotatable bonds is 4. The van der Waals surface area contributed by atoms with Gasteiger partial charge in [-0.2, -0.15) is 5.26 Å². The summed E-state index contributed by atoms with van der Waals surface area (Å²) >= 11 is 0.